The van der Waals surface area contributed by atoms with Crippen molar-refractivity contribution in [3.05, 3.63) is 0 Å². The van der Waals surface area contributed by atoms with Gasteiger partial charge >= 0.3 is 0 Å². The molecule has 0 spiro atoms. The average Bonchev–Trinajstić information content (AvgIpc) is 2.00. The first-order valence-corrected chi connectivity index (χ1v) is 3.72. The molecule has 0 fully saturated rings. The van der Waals surface area contributed by atoms with Gasteiger partial charge in [0.05, 0.1) is 11.5 Å². The maximum atomic E-state index is 10.6. The molecule has 0 unspecified atom stereocenters. The largest absolute Gasteiger partial charge is 0.272 e. The molecule has 0 rings (SSSR count). The molecular weight excluding hydrogens is 172 g/mol. The molecule has 0 aliphatic carbocycles. The fourth-order valence-electron chi connectivity index (χ4n) is 0.291. The lowest BCUT2D eigenvalue weighted by Crippen LogP contribution is -2.44. The van der Waals surface area contributed by atoms with Gasteiger partial charge in [0.15, 0.2) is 0 Å². The first-order chi connectivity index (χ1) is 4.63. The number of hydrogen-bond acceptors (Lipinski definition) is 5. The van der Waals surface area contributed by atoms with Gasteiger partial charge in [-0.15, -0.1) is 0 Å². The first kappa shape index (κ1) is 9.80. The lowest BCUT2D eigenvalue weighted by atomic mass is 10.6. The Morgan fingerprint density at radius 3 is 1.70 bits per heavy atom. The van der Waals surface area contributed by atoms with E-state index in [1.807, 2.05) is 0 Å². The Hall–Kier alpha value is -0.200. The maximum Gasteiger partial charge on any atom is 0.253 e. The fraction of sp³-hybridized carbons (Fsp3) is 0.500. The van der Waals surface area contributed by atoms with Gasteiger partial charge in [0.25, 0.3) is 11.8 Å². The Labute approximate surface area is 69.5 Å². The van der Waals surface area contributed by atoms with Crippen LogP contribution in [0.25, 0.3) is 0 Å². The number of hydrazine groups is 1. The van der Waals surface area contributed by atoms with Gasteiger partial charge in [0.1, 0.15) is 0 Å². The highest BCUT2D eigenvalue weighted by Crippen LogP contribution is 1.87. The minimum atomic E-state index is -0.526. The van der Waals surface area contributed by atoms with E-state index in [4.69, 9.17) is 5.84 Å². The molecule has 2 N–H and O–H groups in total. The van der Waals surface area contributed by atoms with Crippen LogP contribution in [0.5, 0.6) is 0 Å². The number of hydrogen-bond donors (Lipinski definition) is 3. The summed E-state index contributed by atoms with van der Waals surface area (Å²) in [6.45, 7) is 0. The summed E-state index contributed by atoms with van der Waals surface area (Å²) in [6.07, 6.45) is 0. The second-order valence-corrected chi connectivity index (χ2v) is 2.11. The normalized spacial score (nSPS) is 9.10. The van der Waals surface area contributed by atoms with Crippen molar-refractivity contribution in [3.63, 3.8) is 0 Å². The standard InChI is InChI=1S/C4H8N2O2S2/c5-6(3(7)1-9)4(8)2-10/h9-10H,1-2,5H2. The molecule has 0 saturated heterocycles. The van der Waals surface area contributed by atoms with E-state index in [1.165, 1.54) is 0 Å². The highest BCUT2D eigenvalue weighted by atomic mass is 32.1. The SMILES string of the molecule is NN(C(=O)CS)C(=O)CS. The zero-order valence-electron chi connectivity index (χ0n) is 5.15. The van der Waals surface area contributed by atoms with E-state index in [-0.39, 0.29) is 11.5 Å². The molecule has 0 saturated carbocycles. The zero-order valence-corrected chi connectivity index (χ0v) is 6.94. The maximum absolute atomic E-state index is 10.6. The van der Waals surface area contributed by atoms with Gasteiger partial charge in [-0.2, -0.15) is 25.3 Å². The fourth-order valence-corrected chi connectivity index (χ4v) is 0.596. The minimum absolute atomic E-state index is 0.0734. The predicted octanol–water partition coefficient (Wildman–Crippen LogP) is -0.925. The van der Waals surface area contributed by atoms with Crippen LogP contribution in [0.2, 0.25) is 0 Å². The number of amides is 2. The molecule has 10 heavy (non-hydrogen) atoms. The molecular formula is C4H8N2O2S2. The van der Waals surface area contributed by atoms with Crippen LogP contribution in [-0.2, 0) is 9.59 Å². The van der Waals surface area contributed by atoms with Crippen molar-refractivity contribution in [2.45, 2.75) is 0 Å². The third kappa shape index (κ3) is 2.59. The van der Waals surface area contributed by atoms with Gasteiger partial charge in [-0.3, -0.25) is 9.59 Å². The van der Waals surface area contributed by atoms with Crippen LogP contribution in [0.4, 0.5) is 0 Å². The Balaban J connectivity index is 3.94. The number of thiol groups is 2. The van der Waals surface area contributed by atoms with Crippen molar-refractivity contribution < 1.29 is 9.59 Å². The van der Waals surface area contributed by atoms with Crippen LogP contribution in [0, 0.1) is 0 Å². The highest BCUT2D eigenvalue weighted by molar-refractivity contribution is 7.81. The molecule has 0 aromatic rings. The molecule has 0 atom stereocenters. The third-order valence-electron chi connectivity index (χ3n) is 0.808. The topological polar surface area (TPSA) is 63.4 Å². The molecule has 58 valence electrons. The number of carbonyl (C=O) groups excluding carboxylic acids is 2. The van der Waals surface area contributed by atoms with Crippen LogP contribution in [0.15, 0.2) is 0 Å². The quantitative estimate of drug-likeness (QED) is 0.223. The molecule has 0 aliphatic rings. The van der Waals surface area contributed by atoms with Crippen LogP contribution in [0.3, 0.4) is 0 Å². The predicted molar refractivity (Wildman–Crippen MR) is 43.7 cm³/mol. The van der Waals surface area contributed by atoms with Crippen molar-refractivity contribution in [2.75, 3.05) is 11.5 Å². The highest BCUT2D eigenvalue weighted by Gasteiger charge is 2.13. The van der Waals surface area contributed by atoms with Gasteiger partial charge < -0.3 is 0 Å². The molecule has 0 aliphatic heterocycles. The Bertz CT molecular complexity index is 134. The molecule has 0 radical (unpaired) electrons. The summed E-state index contributed by atoms with van der Waals surface area (Å²) in [5.41, 5.74) is 0. The van der Waals surface area contributed by atoms with Crippen LogP contribution >= 0.6 is 25.3 Å². The number of nitrogens with two attached hydrogens (primary N) is 1. The van der Waals surface area contributed by atoms with E-state index in [9.17, 15) is 9.59 Å². The van der Waals surface area contributed by atoms with E-state index in [2.05, 4.69) is 25.3 Å². The second kappa shape index (κ2) is 4.59. The molecule has 4 nitrogen and oxygen atoms in total. The number of rotatable bonds is 2. The van der Waals surface area contributed by atoms with Crippen LogP contribution < -0.4 is 5.84 Å². The number of nitrogens with zero attached hydrogens (tertiary/aromatic N) is 1. The molecule has 0 bridgehead atoms. The smallest absolute Gasteiger partial charge is 0.253 e. The summed E-state index contributed by atoms with van der Waals surface area (Å²) in [4.78, 5) is 21.2. The number of imide groups is 1. The van der Waals surface area contributed by atoms with E-state index >= 15 is 0 Å². The van der Waals surface area contributed by atoms with Crippen molar-refractivity contribution >= 4 is 37.1 Å². The van der Waals surface area contributed by atoms with E-state index in [0.717, 1.165) is 0 Å². The van der Waals surface area contributed by atoms with Crippen molar-refractivity contribution in [1.29, 1.82) is 0 Å². The molecule has 0 aromatic heterocycles. The van der Waals surface area contributed by atoms with Crippen molar-refractivity contribution in [3.8, 4) is 0 Å². The van der Waals surface area contributed by atoms with Gasteiger partial charge in [-0.1, -0.05) is 0 Å². The first-order valence-electron chi connectivity index (χ1n) is 2.45. The average molecular weight is 180 g/mol. The lowest BCUT2D eigenvalue weighted by Gasteiger charge is -2.10. The minimum Gasteiger partial charge on any atom is -0.272 e. The molecule has 0 heterocycles. The van der Waals surface area contributed by atoms with Gasteiger partial charge in [0, 0.05) is 0 Å². The summed E-state index contributed by atoms with van der Waals surface area (Å²) >= 11 is 7.28. The summed E-state index contributed by atoms with van der Waals surface area (Å²) in [6, 6.07) is 0. The van der Waals surface area contributed by atoms with Crippen LogP contribution in [0.1, 0.15) is 0 Å². The Morgan fingerprint density at radius 1 is 1.20 bits per heavy atom. The number of carbonyl (C=O) groups is 2. The van der Waals surface area contributed by atoms with Crippen LogP contribution in [-0.4, -0.2) is 28.3 Å². The summed E-state index contributed by atoms with van der Waals surface area (Å²) in [5, 5.41) is 0.514. The molecule has 6 heteroatoms. The van der Waals surface area contributed by atoms with E-state index in [0.29, 0.717) is 5.01 Å². The molecule has 2 amide bonds. The second-order valence-electron chi connectivity index (χ2n) is 1.47. The Kier molecular flexibility index (Phi) is 4.50. The third-order valence-corrected chi connectivity index (χ3v) is 1.35. The lowest BCUT2D eigenvalue weighted by molar-refractivity contribution is -0.141. The van der Waals surface area contributed by atoms with Gasteiger partial charge in [0.2, 0.25) is 0 Å². The monoisotopic (exact) mass is 180 g/mol. The van der Waals surface area contributed by atoms with Crippen molar-refractivity contribution in [1.82, 2.24) is 5.01 Å². The van der Waals surface area contributed by atoms with Crippen molar-refractivity contribution in [2.24, 2.45) is 5.84 Å². The van der Waals surface area contributed by atoms with Gasteiger partial charge in [-0.05, 0) is 0 Å². The summed E-state index contributed by atoms with van der Waals surface area (Å²) < 4.78 is 0. The van der Waals surface area contributed by atoms with E-state index in [1.54, 1.807) is 0 Å². The van der Waals surface area contributed by atoms with Gasteiger partial charge in [-0.25, -0.2) is 10.9 Å². The summed E-state index contributed by atoms with van der Waals surface area (Å²) in [7, 11) is 0. The zero-order chi connectivity index (χ0) is 8.15. The molecule has 0 aromatic carbocycles. The van der Waals surface area contributed by atoms with E-state index < -0.39 is 11.8 Å². The Morgan fingerprint density at radius 2 is 1.50 bits per heavy atom. The summed E-state index contributed by atoms with van der Waals surface area (Å²) in [5.74, 6) is 3.82.